The molecular weight excluding hydrogens is 124 g/mol. The first-order valence-corrected chi connectivity index (χ1v) is 2.41. The van der Waals surface area contributed by atoms with Gasteiger partial charge in [0.1, 0.15) is 0 Å². The molecule has 0 saturated carbocycles. The number of aromatic nitrogens is 2. The van der Waals surface area contributed by atoms with Crippen molar-refractivity contribution in [3.05, 3.63) is 18.2 Å². The number of hydrogen-bond acceptors (Lipinski definition) is 1. The molecule has 1 N–H and O–H groups in total. The van der Waals surface area contributed by atoms with Gasteiger partial charge in [-0.3, -0.25) is 0 Å². The van der Waals surface area contributed by atoms with E-state index in [1.807, 2.05) is 6.20 Å². The summed E-state index contributed by atoms with van der Waals surface area (Å²) in [5, 5.41) is 0. The highest BCUT2D eigenvalue weighted by atomic mass is 35.5. The van der Waals surface area contributed by atoms with Gasteiger partial charge >= 0.3 is 0 Å². The second-order valence-electron chi connectivity index (χ2n) is 1.41. The molecule has 2 nitrogen and oxygen atoms in total. The van der Waals surface area contributed by atoms with Crippen LogP contribution in [-0.2, 0) is 6.42 Å². The Morgan fingerprint density at radius 1 is 1.75 bits per heavy atom. The molecule has 0 aliphatic rings. The van der Waals surface area contributed by atoms with E-state index in [4.69, 9.17) is 0 Å². The van der Waals surface area contributed by atoms with Crippen molar-refractivity contribution in [2.45, 2.75) is 13.3 Å². The number of imidazole rings is 1. The van der Waals surface area contributed by atoms with E-state index in [0.717, 1.165) is 12.1 Å². The molecule has 0 fully saturated rings. The van der Waals surface area contributed by atoms with Crippen molar-refractivity contribution >= 4 is 12.4 Å². The van der Waals surface area contributed by atoms with Crippen LogP contribution in [0.2, 0.25) is 0 Å². The zero-order valence-corrected chi connectivity index (χ0v) is 5.53. The number of aromatic amines is 1. The molecule has 0 saturated heterocycles. The van der Waals surface area contributed by atoms with Crippen molar-refractivity contribution in [1.82, 2.24) is 9.97 Å². The molecule has 0 spiro atoms. The Kier molecular flexibility index (Phi) is 3.28. The predicted molar refractivity (Wildman–Crippen MR) is 35.2 cm³/mol. The summed E-state index contributed by atoms with van der Waals surface area (Å²) in [7, 11) is 0. The van der Waals surface area contributed by atoms with Crippen molar-refractivity contribution < 1.29 is 0 Å². The van der Waals surface area contributed by atoms with Gasteiger partial charge in [0.25, 0.3) is 0 Å². The number of H-pyrrole nitrogens is 1. The van der Waals surface area contributed by atoms with Gasteiger partial charge in [0.15, 0.2) is 0 Å². The van der Waals surface area contributed by atoms with Gasteiger partial charge in [0.2, 0.25) is 0 Å². The largest absolute Gasteiger partial charge is 0.351 e. The molecule has 0 radical (unpaired) electrons. The second-order valence-corrected chi connectivity index (χ2v) is 1.41. The van der Waals surface area contributed by atoms with E-state index in [1.165, 1.54) is 0 Å². The first-order chi connectivity index (χ1) is 3.43. The fraction of sp³-hybridized carbons (Fsp3) is 0.400. The van der Waals surface area contributed by atoms with Gasteiger partial charge in [-0.2, -0.15) is 0 Å². The molecule has 0 amide bonds. The van der Waals surface area contributed by atoms with Gasteiger partial charge in [-0.05, 0) is 6.42 Å². The van der Waals surface area contributed by atoms with Crippen LogP contribution in [-0.4, -0.2) is 9.97 Å². The Bertz CT molecular complexity index is 125. The van der Waals surface area contributed by atoms with E-state index in [1.54, 1.807) is 6.33 Å². The molecular formula is C5H9ClN2. The van der Waals surface area contributed by atoms with Crippen LogP contribution in [0.4, 0.5) is 0 Å². The zero-order valence-electron chi connectivity index (χ0n) is 4.72. The molecule has 0 unspecified atom stereocenters. The van der Waals surface area contributed by atoms with E-state index < -0.39 is 0 Å². The van der Waals surface area contributed by atoms with E-state index in [9.17, 15) is 0 Å². The molecule has 46 valence electrons. The third-order valence-corrected chi connectivity index (χ3v) is 0.917. The van der Waals surface area contributed by atoms with Crippen LogP contribution in [0.5, 0.6) is 0 Å². The highest BCUT2D eigenvalue weighted by molar-refractivity contribution is 5.85. The number of halogens is 1. The quantitative estimate of drug-likeness (QED) is 0.615. The third kappa shape index (κ3) is 1.54. The lowest BCUT2D eigenvalue weighted by molar-refractivity contribution is 1.06. The molecule has 0 atom stereocenters. The highest BCUT2D eigenvalue weighted by Gasteiger charge is 1.83. The van der Waals surface area contributed by atoms with E-state index in [-0.39, 0.29) is 12.4 Å². The number of nitrogens with zero attached hydrogens (tertiary/aromatic N) is 1. The number of hydrogen-bond donors (Lipinski definition) is 1. The fourth-order valence-electron chi connectivity index (χ4n) is 0.484. The van der Waals surface area contributed by atoms with E-state index in [0.29, 0.717) is 0 Å². The van der Waals surface area contributed by atoms with Crippen LogP contribution in [0.1, 0.15) is 12.6 Å². The summed E-state index contributed by atoms with van der Waals surface area (Å²) < 4.78 is 0. The van der Waals surface area contributed by atoms with Crippen LogP contribution in [0.15, 0.2) is 12.5 Å². The maximum Gasteiger partial charge on any atom is 0.0923 e. The lowest BCUT2D eigenvalue weighted by Crippen LogP contribution is -1.73. The van der Waals surface area contributed by atoms with Crippen LogP contribution >= 0.6 is 12.4 Å². The fourth-order valence-corrected chi connectivity index (χ4v) is 0.484. The number of rotatable bonds is 1. The molecule has 1 aromatic rings. The minimum Gasteiger partial charge on any atom is -0.351 e. The highest BCUT2D eigenvalue weighted by Crippen LogP contribution is 1.88. The van der Waals surface area contributed by atoms with Crippen LogP contribution < -0.4 is 0 Å². The summed E-state index contributed by atoms with van der Waals surface area (Å²) in [5.74, 6) is 0. The molecule has 0 aliphatic carbocycles. The molecule has 0 bridgehead atoms. The molecule has 1 aromatic heterocycles. The normalized spacial score (nSPS) is 8.12. The van der Waals surface area contributed by atoms with Crippen molar-refractivity contribution in [2.75, 3.05) is 0 Å². The SMILES string of the molecule is CCc1c[nH]cn1.Cl. The summed E-state index contributed by atoms with van der Waals surface area (Å²) in [4.78, 5) is 6.85. The van der Waals surface area contributed by atoms with Gasteiger partial charge < -0.3 is 4.98 Å². The molecule has 1 heterocycles. The third-order valence-electron chi connectivity index (χ3n) is 0.917. The molecule has 8 heavy (non-hydrogen) atoms. The van der Waals surface area contributed by atoms with Crippen LogP contribution in [0, 0.1) is 0 Å². The maximum absolute atomic E-state index is 3.98. The lowest BCUT2D eigenvalue weighted by Gasteiger charge is -1.77. The first kappa shape index (κ1) is 7.50. The molecule has 0 aromatic carbocycles. The standard InChI is InChI=1S/C5H8N2.ClH/c1-2-5-3-6-4-7-5;/h3-4H,2H2,1H3,(H,6,7);1H. The van der Waals surface area contributed by atoms with Crippen LogP contribution in [0.3, 0.4) is 0 Å². The minimum atomic E-state index is 0. The average molecular weight is 133 g/mol. The zero-order chi connectivity index (χ0) is 5.11. The predicted octanol–water partition coefficient (Wildman–Crippen LogP) is 1.39. The van der Waals surface area contributed by atoms with Crippen molar-refractivity contribution in [1.29, 1.82) is 0 Å². The topological polar surface area (TPSA) is 28.7 Å². The van der Waals surface area contributed by atoms with Gasteiger partial charge in [-0.15, -0.1) is 12.4 Å². The number of nitrogens with one attached hydrogen (secondary N) is 1. The summed E-state index contributed by atoms with van der Waals surface area (Å²) in [6.07, 6.45) is 4.61. The Morgan fingerprint density at radius 2 is 2.50 bits per heavy atom. The summed E-state index contributed by atoms with van der Waals surface area (Å²) in [5.41, 5.74) is 1.12. The Labute approximate surface area is 54.7 Å². The Morgan fingerprint density at radius 3 is 2.75 bits per heavy atom. The molecule has 0 aliphatic heterocycles. The second kappa shape index (κ2) is 3.50. The van der Waals surface area contributed by atoms with Crippen molar-refractivity contribution in [2.24, 2.45) is 0 Å². The summed E-state index contributed by atoms with van der Waals surface area (Å²) in [6, 6.07) is 0. The van der Waals surface area contributed by atoms with Crippen molar-refractivity contribution in [3.63, 3.8) is 0 Å². The van der Waals surface area contributed by atoms with Gasteiger partial charge in [0.05, 0.1) is 12.0 Å². The molecule has 1 rings (SSSR count). The van der Waals surface area contributed by atoms with Gasteiger partial charge in [-0.1, -0.05) is 6.92 Å². The summed E-state index contributed by atoms with van der Waals surface area (Å²) >= 11 is 0. The smallest absolute Gasteiger partial charge is 0.0923 e. The number of aryl methyl sites for hydroxylation is 1. The van der Waals surface area contributed by atoms with Gasteiger partial charge in [-0.25, -0.2) is 4.98 Å². The average Bonchev–Trinajstić information content (AvgIpc) is 2.14. The van der Waals surface area contributed by atoms with Crippen molar-refractivity contribution in [3.8, 4) is 0 Å². The Hall–Kier alpha value is -0.500. The minimum absolute atomic E-state index is 0. The summed E-state index contributed by atoms with van der Waals surface area (Å²) in [6.45, 7) is 2.08. The Balaban J connectivity index is 0.000000490. The van der Waals surface area contributed by atoms with E-state index >= 15 is 0 Å². The first-order valence-electron chi connectivity index (χ1n) is 2.41. The molecule has 3 heteroatoms. The monoisotopic (exact) mass is 132 g/mol. The van der Waals surface area contributed by atoms with E-state index in [2.05, 4.69) is 16.9 Å². The van der Waals surface area contributed by atoms with Gasteiger partial charge in [0, 0.05) is 6.20 Å². The maximum atomic E-state index is 3.98. The van der Waals surface area contributed by atoms with Crippen LogP contribution in [0.25, 0.3) is 0 Å². The lowest BCUT2D eigenvalue weighted by atomic mass is 10.4.